The van der Waals surface area contributed by atoms with E-state index in [-0.39, 0.29) is 6.04 Å². The molecule has 0 spiro atoms. The number of hydrogen-bond donors (Lipinski definition) is 0. The van der Waals surface area contributed by atoms with Crippen LogP contribution < -0.4 is 4.57 Å². The van der Waals surface area contributed by atoms with E-state index in [1.807, 2.05) is 0 Å². The lowest BCUT2D eigenvalue weighted by atomic mass is 9.97. The van der Waals surface area contributed by atoms with Crippen molar-refractivity contribution in [2.24, 2.45) is 0 Å². The minimum absolute atomic E-state index is 0.185. The number of pyridine rings is 1. The highest BCUT2D eigenvalue weighted by atomic mass is 15.0. The van der Waals surface area contributed by atoms with E-state index in [9.17, 15) is 0 Å². The fraction of sp³-hybridized carbons (Fsp3) is 0.0238. The summed E-state index contributed by atoms with van der Waals surface area (Å²) in [6, 6.07) is 57.5. The monoisotopic (exact) mass is 561 g/mol. The smallest absolute Gasteiger partial charge is 0.210 e. The predicted octanol–water partition coefficient (Wildman–Crippen LogP) is 10.0. The highest BCUT2D eigenvalue weighted by molar-refractivity contribution is 6.10. The Morgan fingerprint density at radius 1 is 0.409 bits per heavy atom. The van der Waals surface area contributed by atoms with E-state index < -0.39 is 0 Å². The number of nitrogens with zero attached hydrogens (tertiary/aromatic N) is 2. The minimum atomic E-state index is 0.185. The first kappa shape index (κ1) is 24.8. The van der Waals surface area contributed by atoms with Gasteiger partial charge in [0.05, 0.1) is 11.0 Å². The van der Waals surface area contributed by atoms with Crippen LogP contribution in [0.5, 0.6) is 0 Å². The van der Waals surface area contributed by atoms with Gasteiger partial charge in [-0.15, -0.1) is 0 Å². The summed E-state index contributed by atoms with van der Waals surface area (Å²) >= 11 is 0. The average molecular weight is 562 g/mol. The Morgan fingerprint density at radius 2 is 1.02 bits per heavy atom. The fourth-order valence-electron chi connectivity index (χ4n) is 7.13. The van der Waals surface area contributed by atoms with Crippen molar-refractivity contribution >= 4 is 21.8 Å². The van der Waals surface area contributed by atoms with Crippen molar-refractivity contribution in [2.75, 3.05) is 0 Å². The van der Waals surface area contributed by atoms with Crippen LogP contribution in [0, 0.1) is 0 Å². The summed E-state index contributed by atoms with van der Waals surface area (Å²) < 4.78 is 4.71. The Hall–Kier alpha value is -5.73. The predicted molar refractivity (Wildman–Crippen MR) is 181 cm³/mol. The fourth-order valence-corrected chi connectivity index (χ4v) is 7.13. The molecule has 0 amide bonds. The lowest BCUT2D eigenvalue weighted by molar-refractivity contribution is -0.704. The number of para-hydroxylation sites is 1. The van der Waals surface area contributed by atoms with E-state index in [0.717, 1.165) is 0 Å². The summed E-state index contributed by atoms with van der Waals surface area (Å²) in [5, 5.41) is 2.53. The van der Waals surface area contributed by atoms with E-state index in [2.05, 4.69) is 179 Å². The third-order valence-electron chi connectivity index (χ3n) is 9.17. The van der Waals surface area contributed by atoms with Crippen LogP contribution in [0.4, 0.5) is 0 Å². The molecule has 2 nitrogen and oxygen atoms in total. The average Bonchev–Trinajstić information content (AvgIpc) is 3.61. The summed E-state index contributed by atoms with van der Waals surface area (Å²) in [5.41, 5.74) is 13.9. The molecular weight excluding hydrogens is 532 g/mol. The molecular formula is C42H29N2+. The van der Waals surface area contributed by atoms with Gasteiger partial charge in [0.2, 0.25) is 6.04 Å². The Morgan fingerprint density at radius 3 is 1.89 bits per heavy atom. The molecule has 0 radical (unpaired) electrons. The quantitative estimate of drug-likeness (QED) is 0.189. The van der Waals surface area contributed by atoms with Crippen LogP contribution in [0.25, 0.3) is 60.9 Å². The summed E-state index contributed by atoms with van der Waals surface area (Å²) in [4.78, 5) is 0. The van der Waals surface area contributed by atoms with E-state index in [1.165, 1.54) is 72.0 Å². The zero-order chi connectivity index (χ0) is 29.0. The second-order valence-corrected chi connectivity index (χ2v) is 11.6. The summed E-state index contributed by atoms with van der Waals surface area (Å²) in [5.74, 6) is 0. The van der Waals surface area contributed by atoms with Gasteiger partial charge in [0.15, 0.2) is 12.4 Å². The van der Waals surface area contributed by atoms with E-state index in [4.69, 9.17) is 0 Å². The Labute approximate surface area is 256 Å². The van der Waals surface area contributed by atoms with Crippen molar-refractivity contribution in [3.8, 4) is 39.1 Å². The van der Waals surface area contributed by atoms with Crippen LogP contribution in [0.1, 0.15) is 17.2 Å². The van der Waals surface area contributed by atoms with Gasteiger partial charge in [-0.2, -0.15) is 4.57 Å². The van der Waals surface area contributed by atoms with Gasteiger partial charge in [0.25, 0.3) is 0 Å². The van der Waals surface area contributed by atoms with Gasteiger partial charge in [-0.3, -0.25) is 0 Å². The molecule has 1 aliphatic carbocycles. The third kappa shape index (κ3) is 3.85. The van der Waals surface area contributed by atoms with Crippen LogP contribution in [0.2, 0.25) is 0 Å². The molecule has 1 unspecified atom stereocenters. The molecule has 2 heterocycles. The van der Waals surface area contributed by atoms with E-state index in [1.54, 1.807) is 0 Å². The lowest BCUT2D eigenvalue weighted by Gasteiger charge is -2.11. The Kier molecular flexibility index (Phi) is 5.60. The molecule has 1 aliphatic rings. The maximum atomic E-state index is 2.39. The van der Waals surface area contributed by atoms with Crippen LogP contribution >= 0.6 is 0 Å². The van der Waals surface area contributed by atoms with E-state index >= 15 is 0 Å². The lowest BCUT2D eigenvalue weighted by Crippen LogP contribution is -2.38. The first-order valence-corrected chi connectivity index (χ1v) is 15.2. The van der Waals surface area contributed by atoms with Gasteiger partial charge in [0, 0.05) is 39.7 Å². The van der Waals surface area contributed by atoms with Crippen molar-refractivity contribution in [2.45, 2.75) is 6.04 Å². The van der Waals surface area contributed by atoms with Gasteiger partial charge in [-0.1, -0.05) is 109 Å². The number of benzene rings is 6. The number of rotatable bonds is 4. The molecule has 6 aromatic carbocycles. The van der Waals surface area contributed by atoms with Crippen LogP contribution in [0.3, 0.4) is 0 Å². The molecule has 0 saturated carbocycles. The zero-order valence-electron chi connectivity index (χ0n) is 24.1. The molecule has 44 heavy (non-hydrogen) atoms. The highest BCUT2D eigenvalue weighted by Gasteiger charge is 2.35. The van der Waals surface area contributed by atoms with Crippen molar-refractivity contribution < 1.29 is 4.57 Å². The zero-order valence-corrected chi connectivity index (χ0v) is 24.1. The minimum Gasteiger partial charge on any atom is -0.309 e. The second-order valence-electron chi connectivity index (χ2n) is 11.6. The van der Waals surface area contributed by atoms with Gasteiger partial charge in [-0.05, 0) is 69.8 Å². The Bertz CT molecular complexity index is 2310. The SMILES string of the molecule is c1ccc(-c2ccc(-n3c4ccccc4c4cc(-c5ccc6c(c5)-c5ccccc5C6[n+]5ccccc5)ccc43)cc2)cc1. The maximum absolute atomic E-state index is 2.39. The summed E-state index contributed by atoms with van der Waals surface area (Å²) in [6.07, 6.45) is 4.34. The highest BCUT2D eigenvalue weighted by Crippen LogP contribution is 2.45. The molecule has 1 atom stereocenters. The van der Waals surface area contributed by atoms with E-state index in [0.29, 0.717) is 0 Å². The maximum Gasteiger partial charge on any atom is 0.210 e. The van der Waals surface area contributed by atoms with Crippen molar-refractivity contribution in [3.63, 3.8) is 0 Å². The largest absolute Gasteiger partial charge is 0.309 e. The number of hydrogen-bond acceptors (Lipinski definition) is 0. The van der Waals surface area contributed by atoms with Crippen molar-refractivity contribution in [3.05, 3.63) is 181 Å². The molecule has 0 fully saturated rings. The van der Waals surface area contributed by atoms with Crippen molar-refractivity contribution in [1.82, 2.24) is 4.57 Å². The third-order valence-corrected chi connectivity index (χ3v) is 9.17. The molecule has 0 bridgehead atoms. The Balaban J connectivity index is 1.17. The first-order chi connectivity index (χ1) is 21.8. The molecule has 0 N–H and O–H groups in total. The first-order valence-electron chi connectivity index (χ1n) is 15.2. The molecule has 2 heteroatoms. The number of aromatic nitrogens is 2. The van der Waals surface area contributed by atoms with Crippen molar-refractivity contribution in [1.29, 1.82) is 0 Å². The van der Waals surface area contributed by atoms with Gasteiger partial charge in [-0.25, -0.2) is 0 Å². The summed E-state index contributed by atoms with van der Waals surface area (Å²) in [7, 11) is 0. The molecule has 9 rings (SSSR count). The standard InChI is InChI=1S/C42H29N2/c1-3-11-29(12-4-1)30-17-21-33(22-18-30)44-40-16-8-7-14-35(40)39-28-32(20-24-41(39)44)31-19-23-37-38(27-31)34-13-5-6-15-36(34)42(37)43-25-9-2-10-26-43/h1-28,42H/q+1. The molecule has 2 aromatic heterocycles. The molecule has 0 saturated heterocycles. The summed E-state index contributed by atoms with van der Waals surface area (Å²) in [6.45, 7) is 0. The molecule has 0 aliphatic heterocycles. The normalized spacial score (nSPS) is 13.7. The van der Waals surface area contributed by atoms with Gasteiger partial charge in [0.1, 0.15) is 0 Å². The topological polar surface area (TPSA) is 8.81 Å². The van der Waals surface area contributed by atoms with Gasteiger partial charge >= 0.3 is 0 Å². The van der Waals surface area contributed by atoms with Crippen LogP contribution in [-0.2, 0) is 0 Å². The van der Waals surface area contributed by atoms with Crippen LogP contribution in [-0.4, -0.2) is 4.57 Å². The van der Waals surface area contributed by atoms with Crippen LogP contribution in [0.15, 0.2) is 170 Å². The second kappa shape index (κ2) is 9.93. The van der Waals surface area contributed by atoms with Gasteiger partial charge < -0.3 is 4.57 Å². The molecule has 206 valence electrons. The molecule has 8 aromatic rings. The number of fused-ring (bicyclic) bond motifs is 6.